The van der Waals surface area contributed by atoms with E-state index in [9.17, 15) is 9.90 Å². The lowest BCUT2D eigenvalue weighted by molar-refractivity contribution is 0.135. The Morgan fingerprint density at radius 2 is 2.07 bits per heavy atom. The topological polar surface area (TPSA) is 64.6 Å². The van der Waals surface area contributed by atoms with Crippen molar-refractivity contribution in [3.8, 4) is 0 Å². The van der Waals surface area contributed by atoms with Crippen LogP contribution in [0.3, 0.4) is 0 Å². The fourth-order valence-electron chi connectivity index (χ4n) is 1.14. The smallest absolute Gasteiger partial charge is 0.314 e. The summed E-state index contributed by atoms with van der Waals surface area (Å²) in [6.45, 7) is 3.60. The highest BCUT2D eigenvalue weighted by molar-refractivity contribution is 5.73. The van der Waals surface area contributed by atoms with Gasteiger partial charge >= 0.3 is 6.03 Å². The number of aliphatic hydroxyl groups is 1. The van der Waals surface area contributed by atoms with Crippen molar-refractivity contribution in [2.75, 3.05) is 33.7 Å². The molecular formula is C10H23N3O2. The van der Waals surface area contributed by atoms with Gasteiger partial charge in [-0.3, -0.25) is 0 Å². The van der Waals surface area contributed by atoms with Crippen LogP contribution < -0.4 is 10.6 Å². The first-order valence-electron chi connectivity index (χ1n) is 5.40. The Bertz CT molecular complexity index is 174. The minimum atomic E-state index is -0.517. The second-order valence-electron chi connectivity index (χ2n) is 3.91. The first kappa shape index (κ1) is 14.2. The van der Waals surface area contributed by atoms with E-state index in [1.807, 2.05) is 19.0 Å². The second kappa shape index (κ2) is 8.49. The molecule has 0 aromatic carbocycles. The second-order valence-corrected chi connectivity index (χ2v) is 3.91. The van der Waals surface area contributed by atoms with Crippen molar-refractivity contribution in [1.82, 2.24) is 15.5 Å². The standard InChI is InChI=1S/C10H23N3O2/c1-4-5-6-11-10(15)12-7-9(14)8-13(2)3/h9,14H,4-8H2,1-3H3,(H2,11,12,15)/t9-/m0/s1. The van der Waals surface area contributed by atoms with E-state index in [-0.39, 0.29) is 12.6 Å². The molecule has 90 valence electrons. The average molecular weight is 217 g/mol. The largest absolute Gasteiger partial charge is 0.390 e. The molecule has 15 heavy (non-hydrogen) atoms. The monoisotopic (exact) mass is 217 g/mol. The van der Waals surface area contributed by atoms with Crippen LogP contribution in [0.5, 0.6) is 0 Å². The summed E-state index contributed by atoms with van der Waals surface area (Å²) < 4.78 is 0. The molecule has 0 spiro atoms. The molecule has 0 bridgehead atoms. The van der Waals surface area contributed by atoms with Crippen LogP contribution >= 0.6 is 0 Å². The highest BCUT2D eigenvalue weighted by Crippen LogP contribution is 1.85. The molecule has 0 radical (unpaired) electrons. The number of amides is 2. The van der Waals surface area contributed by atoms with Crippen LogP contribution in [0, 0.1) is 0 Å². The van der Waals surface area contributed by atoms with E-state index in [1.54, 1.807) is 0 Å². The molecular weight excluding hydrogens is 194 g/mol. The van der Waals surface area contributed by atoms with Gasteiger partial charge in [0.2, 0.25) is 0 Å². The van der Waals surface area contributed by atoms with E-state index in [2.05, 4.69) is 17.6 Å². The minimum Gasteiger partial charge on any atom is -0.390 e. The minimum absolute atomic E-state index is 0.207. The van der Waals surface area contributed by atoms with Gasteiger partial charge in [-0.2, -0.15) is 0 Å². The third kappa shape index (κ3) is 9.49. The molecule has 0 aromatic rings. The number of hydrogen-bond acceptors (Lipinski definition) is 3. The van der Waals surface area contributed by atoms with Crippen LogP contribution in [-0.4, -0.2) is 55.9 Å². The molecule has 0 unspecified atom stereocenters. The summed E-state index contributed by atoms with van der Waals surface area (Å²) in [4.78, 5) is 13.0. The van der Waals surface area contributed by atoms with Gasteiger partial charge in [-0.25, -0.2) is 4.79 Å². The van der Waals surface area contributed by atoms with E-state index in [4.69, 9.17) is 0 Å². The Kier molecular flexibility index (Phi) is 8.04. The lowest BCUT2D eigenvalue weighted by atomic mass is 10.3. The molecule has 0 heterocycles. The van der Waals surface area contributed by atoms with Gasteiger partial charge in [-0.1, -0.05) is 13.3 Å². The van der Waals surface area contributed by atoms with Gasteiger partial charge in [0, 0.05) is 19.6 Å². The summed E-state index contributed by atoms with van der Waals surface area (Å²) in [5.74, 6) is 0. The van der Waals surface area contributed by atoms with E-state index in [0.29, 0.717) is 13.1 Å². The van der Waals surface area contributed by atoms with E-state index >= 15 is 0 Å². The fraction of sp³-hybridized carbons (Fsp3) is 0.900. The first-order valence-corrected chi connectivity index (χ1v) is 5.40. The van der Waals surface area contributed by atoms with Crippen LogP contribution in [0.2, 0.25) is 0 Å². The third-order valence-electron chi connectivity index (χ3n) is 1.89. The lowest BCUT2D eigenvalue weighted by Crippen LogP contribution is -2.42. The van der Waals surface area contributed by atoms with Gasteiger partial charge < -0.3 is 20.6 Å². The van der Waals surface area contributed by atoms with Crippen LogP contribution in [0.1, 0.15) is 19.8 Å². The van der Waals surface area contributed by atoms with Gasteiger partial charge in [0.15, 0.2) is 0 Å². The Hall–Kier alpha value is -0.810. The number of hydrogen-bond donors (Lipinski definition) is 3. The SMILES string of the molecule is CCCCNC(=O)NC[C@H](O)CN(C)C. The molecule has 3 N–H and O–H groups in total. The van der Waals surface area contributed by atoms with Crippen molar-refractivity contribution in [2.24, 2.45) is 0 Å². The van der Waals surface area contributed by atoms with Crippen LogP contribution in [0.15, 0.2) is 0 Å². The number of carbonyl (C=O) groups excluding carboxylic acids is 1. The summed E-state index contributed by atoms with van der Waals surface area (Å²) in [5.41, 5.74) is 0. The number of urea groups is 1. The number of nitrogens with zero attached hydrogens (tertiary/aromatic N) is 1. The van der Waals surface area contributed by atoms with E-state index in [1.165, 1.54) is 0 Å². The summed E-state index contributed by atoms with van der Waals surface area (Å²) in [7, 11) is 3.76. The third-order valence-corrected chi connectivity index (χ3v) is 1.89. The Morgan fingerprint density at radius 1 is 1.40 bits per heavy atom. The Labute approximate surface area is 91.8 Å². The fourth-order valence-corrected chi connectivity index (χ4v) is 1.14. The number of nitrogens with one attached hydrogen (secondary N) is 2. The highest BCUT2D eigenvalue weighted by Gasteiger charge is 2.06. The summed E-state index contributed by atoms with van der Waals surface area (Å²) >= 11 is 0. The van der Waals surface area contributed by atoms with Crippen molar-refractivity contribution in [1.29, 1.82) is 0 Å². The van der Waals surface area contributed by atoms with Gasteiger partial charge in [0.25, 0.3) is 0 Å². The molecule has 2 amide bonds. The normalized spacial score (nSPS) is 12.6. The Balaban J connectivity index is 3.44. The number of unbranched alkanes of at least 4 members (excludes halogenated alkanes) is 1. The van der Waals surface area contributed by atoms with Gasteiger partial charge in [-0.15, -0.1) is 0 Å². The van der Waals surface area contributed by atoms with Gasteiger partial charge in [0.1, 0.15) is 0 Å². The van der Waals surface area contributed by atoms with E-state index in [0.717, 1.165) is 12.8 Å². The summed E-state index contributed by atoms with van der Waals surface area (Å²) in [6, 6.07) is -0.207. The molecule has 1 atom stereocenters. The van der Waals surface area contributed by atoms with Gasteiger partial charge in [-0.05, 0) is 20.5 Å². The quantitative estimate of drug-likeness (QED) is 0.526. The van der Waals surface area contributed by atoms with Crippen molar-refractivity contribution in [3.63, 3.8) is 0 Å². The zero-order chi connectivity index (χ0) is 11.7. The number of likely N-dealkylation sites (N-methyl/N-ethyl adjacent to an activating group) is 1. The zero-order valence-corrected chi connectivity index (χ0v) is 9.92. The van der Waals surface area contributed by atoms with Crippen molar-refractivity contribution in [3.05, 3.63) is 0 Å². The molecule has 5 nitrogen and oxygen atoms in total. The van der Waals surface area contributed by atoms with E-state index < -0.39 is 6.10 Å². The predicted octanol–water partition coefficient (Wildman–Crippen LogP) is 0.00820. The molecule has 0 aromatic heterocycles. The molecule has 0 saturated carbocycles. The van der Waals surface area contributed by atoms with Crippen molar-refractivity contribution in [2.45, 2.75) is 25.9 Å². The number of carbonyl (C=O) groups is 1. The molecule has 0 rings (SSSR count). The van der Waals surface area contributed by atoms with Crippen molar-refractivity contribution >= 4 is 6.03 Å². The molecule has 0 aliphatic rings. The summed E-state index contributed by atoms with van der Waals surface area (Å²) in [6.07, 6.45) is 1.52. The average Bonchev–Trinajstić information content (AvgIpc) is 2.14. The maximum absolute atomic E-state index is 11.2. The molecule has 0 aliphatic heterocycles. The Morgan fingerprint density at radius 3 is 2.60 bits per heavy atom. The van der Waals surface area contributed by atoms with Crippen LogP contribution in [0.4, 0.5) is 4.79 Å². The van der Waals surface area contributed by atoms with Crippen LogP contribution in [-0.2, 0) is 0 Å². The lowest BCUT2D eigenvalue weighted by Gasteiger charge is -2.16. The number of aliphatic hydroxyl groups excluding tert-OH is 1. The zero-order valence-electron chi connectivity index (χ0n) is 9.92. The first-order chi connectivity index (χ1) is 7.06. The summed E-state index contributed by atoms with van der Waals surface area (Å²) in [5, 5.41) is 14.8. The molecule has 0 fully saturated rings. The van der Waals surface area contributed by atoms with Crippen LogP contribution in [0.25, 0.3) is 0 Å². The van der Waals surface area contributed by atoms with Gasteiger partial charge in [0.05, 0.1) is 6.10 Å². The number of rotatable bonds is 7. The van der Waals surface area contributed by atoms with Crippen molar-refractivity contribution < 1.29 is 9.90 Å². The molecule has 0 aliphatic carbocycles. The maximum Gasteiger partial charge on any atom is 0.314 e. The molecule has 0 saturated heterocycles. The molecule has 5 heteroatoms. The maximum atomic E-state index is 11.2. The highest BCUT2D eigenvalue weighted by atomic mass is 16.3. The predicted molar refractivity (Wildman–Crippen MR) is 60.9 cm³/mol.